The SMILES string of the molecule is O=C(Cn1cnc2c(cnn2-c2ccccc2)c1=O)Nc1cc(S(=O)(=O)N2CCOCC2)ccc1Cl. The summed E-state index contributed by atoms with van der Waals surface area (Å²) in [5.74, 6) is -0.573. The molecular formula is C23H21ClN6O5S. The molecule has 36 heavy (non-hydrogen) atoms. The number of hydrogen-bond acceptors (Lipinski definition) is 7. The number of amides is 1. The number of rotatable bonds is 6. The van der Waals surface area contributed by atoms with Crippen LogP contribution >= 0.6 is 11.6 Å². The van der Waals surface area contributed by atoms with Gasteiger partial charge in [0, 0.05) is 13.1 Å². The number of carbonyl (C=O) groups is 1. The van der Waals surface area contributed by atoms with E-state index in [0.717, 1.165) is 10.3 Å². The second-order valence-corrected chi connectivity index (χ2v) is 10.4. The van der Waals surface area contributed by atoms with Crippen molar-refractivity contribution in [1.82, 2.24) is 23.6 Å². The Hall–Kier alpha value is -3.58. The number of benzene rings is 2. The number of aromatic nitrogens is 4. The highest BCUT2D eigenvalue weighted by atomic mass is 35.5. The second kappa shape index (κ2) is 9.82. The van der Waals surface area contributed by atoms with Gasteiger partial charge >= 0.3 is 0 Å². The highest BCUT2D eigenvalue weighted by molar-refractivity contribution is 7.89. The van der Waals surface area contributed by atoms with Gasteiger partial charge in [0.15, 0.2) is 5.65 Å². The standard InChI is InChI=1S/C23H21ClN6O5S/c24-19-7-6-17(36(33,34)29-8-10-35-11-9-29)12-20(19)27-21(31)14-28-15-25-22-18(23(28)32)13-26-30(22)16-4-2-1-3-5-16/h1-7,12-13,15H,8-11,14H2,(H,27,31). The average molecular weight is 529 g/mol. The predicted octanol–water partition coefficient (Wildman–Crippen LogP) is 1.90. The minimum absolute atomic E-state index is 0.00215. The molecule has 1 amide bonds. The van der Waals surface area contributed by atoms with Gasteiger partial charge in [0.1, 0.15) is 18.3 Å². The minimum Gasteiger partial charge on any atom is -0.379 e. The normalized spacial score (nSPS) is 14.7. The molecule has 1 saturated heterocycles. The molecule has 0 spiro atoms. The summed E-state index contributed by atoms with van der Waals surface area (Å²) in [7, 11) is -3.78. The summed E-state index contributed by atoms with van der Waals surface area (Å²) in [6.45, 7) is 0.758. The number of halogens is 1. The van der Waals surface area contributed by atoms with Gasteiger partial charge in [0.05, 0.1) is 40.7 Å². The van der Waals surface area contributed by atoms with E-state index in [1.54, 1.807) is 4.68 Å². The largest absolute Gasteiger partial charge is 0.379 e. The van der Waals surface area contributed by atoms with Gasteiger partial charge in [-0.15, -0.1) is 0 Å². The molecule has 1 aliphatic heterocycles. The quantitative estimate of drug-likeness (QED) is 0.404. The van der Waals surface area contributed by atoms with Crippen molar-refractivity contribution in [1.29, 1.82) is 0 Å². The summed E-state index contributed by atoms with van der Waals surface area (Å²) in [4.78, 5) is 30.0. The number of para-hydroxylation sites is 1. The van der Waals surface area contributed by atoms with Gasteiger partial charge in [-0.2, -0.15) is 9.40 Å². The monoisotopic (exact) mass is 528 g/mol. The zero-order valence-electron chi connectivity index (χ0n) is 18.9. The molecule has 0 unspecified atom stereocenters. The third-order valence-corrected chi connectivity index (χ3v) is 7.91. The van der Waals surface area contributed by atoms with Gasteiger partial charge < -0.3 is 10.1 Å². The number of fused-ring (bicyclic) bond motifs is 1. The summed E-state index contributed by atoms with van der Waals surface area (Å²) >= 11 is 6.21. The van der Waals surface area contributed by atoms with Crippen LogP contribution in [0.2, 0.25) is 5.02 Å². The van der Waals surface area contributed by atoms with Crippen molar-refractivity contribution in [3.8, 4) is 5.69 Å². The number of nitrogens with zero attached hydrogens (tertiary/aromatic N) is 5. The lowest BCUT2D eigenvalue weighted by Gasteiger charge is -2.26. The molecule has 0 bridgehead atoms. The van der Waals surface area contributed by atoms with Gasteiger partial charge in [-0.05, 0) is 30.3 Å². The number of nitrogens with one attached hydrogen (secondary N) is 1. The minimum atomic E-state index is -3.78. The van der Waals surface area contributed by atoms with Crippen LogP contribution in [0.4, 0.5) is 5.69 Å². The maximum atomic E-state index is 13.0. The molecule has 1 aliphatic rings. The Labute approximate surface area is 210 Å². The summed E-state index contributed by atoms with van der Waals surface area (Å²) in [5, 5.41) is 7.26. The van der Waals surface area contributed by atoms with Gasteiger partial charge in [-0.25, -0.2) is 18.1 Å². The number of carbonyl (C=O) groups excluding carboxylic acids is 1. The molecule has 0 atom stereocenters. The lowest BCUT2D eigenvalue weighted by atomic mass is 10.3. The highest BCUT2D eigenvalue weighted by Crippen LogP contribution is 2.27. The molecule has 0 aliphatic carbocycles. The van der Waals surface area contributed by atoms with E-state index in [9.17, 15) is 18.0 Å². The first kappa shape index (κ1) is 24.1. The Morgan fingerprint density at radius 3 is 2.61 bits per heavy atom. The van der Waals surface area contributed by atoms with E-state index in [1.165, 1.54) is 35.0 Å². The van der Waals surface area contributed by atoms with Crippen molar-refractivity contribution < 1.29 is 17.9 Å². The maximum Gasteiger partial charge on any atom is 0.264 e. The van der Waals surface area contributed by atoms with Crippen LogP contribution in [0.5, 0.6) is 0 Å². The average Bonchev–Trinajstić information content (AvgIpc) is 3.33. The maximum absolute atomic E-state index is 13.0. The number of ether oxygens (including phenoxy) is 1. The molecule has 2 aromatic heterocycles. The van der Waals surface area contributed by atoms with Crippen LogP contribution in [0.1, 0.15) is 0 Å². The smallest absolute Gasteiger partial charge is 0.264 e. The molecule has 0 radical (unpaired) electrons. The van der Waals surface area contributed by atoms with Crippen LogP contribution in [-0.4, -0.2) is 64.3 Å². The first-order valence-corrected chi connectivity index (χ1v) is 12.8. The number of sulfonamides is 1. The molecule has 186 valence electrons. The van der Waals surface area contributed by atoms with E-state index < -0.39 is 21.5 Å². The van der Waals surface area contributed by atoms with E-state index in [0.29, 0.717) is 18.9 Å². The molecule has 2 aromatic carbocycles. The Morgan fingerprint density at radius 2 is 1.86 bits per heavy atom. The summed E-state index contributed by atoms with van der Waals surface area (Å²) in [5.41, 5.74) is 0.797. The van der Waals surface area contributed by atoms with E-state index in [4.69, 9.17) is 16.3 Å². The molecule has 5 rings (SSSR count). The van der Waals surface area contributed by atoms with Crippen molar-refractivity contribution in [3.63, 3.8) is 0 Å². The molecule has 13 heteroatoms. The van der Waals surface area contributed by atoms with Crippen molar-refractivity contribution >= 4 is 44.3 Å². The molecular weight excluding hydrogens is 508 g/mol. The summed E-state index contributed by atoms with van der Waals surface area (Å²) < 4.78 is 35.1. The molecule has 4 aromatic rings. The van der Waals surface area contributed by atoms with Crippen LogP contribution in [0.25, 0.3) is 16.7 Å². The first-order valence-electron chi connectivity index (χ1n) is 11.0. The van der Waals surface area contributed by atoms with Crippen molar-refractivity contribution in [2.24, 2.45) is 0 Å². The predicted molar refractivity (Wildman–Crippen MR) is 133 cm³/mol. The lowest BCUT2D eigenvalue weighted by Crippen LogP contribution is -2.40. The lowest BCUT2D eigenvalue weighted by molar-refractivity contribution is -0.116. The summed E-state index contributed by atoms with van der Waals surface area (Å²) in [6, 6.07) is 13.3. The van der Waals surface area contributed by atoms with Crippen LogP contribution in [0.15, 0.2) is 70.7 Å². The summed E-state index contributed by atoms with van der Waals surface area (Å²) in [6.07, 6.45) is 2.68. The first-order chi connectivity index (χ1) is 17.3. The zero-order chi connectivity index (χ0) is 25.3. The fourth-order valence-corrected chi connectivity index (χ4v) is 5.46. The third kappa shape index (κ3) is 4.63. The Bertz CT molecular complexity index is 1600. The van der Waals surface area contributed by atoms with Crippen LogP contribution in [-0.2, 0) is 26.1 Å². The molecule has 11 nitrogen and oxygen atoms in total. The van der Waals surface area contributed by atoms with Crippen LogP contribution in [0.3, 0.4) is 0 Å². The molecule has 0 saturated carbocycles. The zero-order valence-corrected chi connectivity index (χ0v) is 20.4. The number of hydrogen-bond donors (Lipinski definition) is 1. The molecule has 3 heterocycles. The molecule has 1 fully saturated rings. The number of anilines is 1. The third-order valence-electron chi connectivity index (χ3n) is 5.69. The van der Waals surface area contributed by atoms with Gasteiger partial charge in [0.2, 0.25) is 15.9 Å². The fourth-order valence-electron chi connectivity index (χ4n) is 3.86. The van der Waals surface area contributed by atoms with Crippen LogP contribution in [0, 0.1) is 0 Å². The van der Waals surface area contributed by atoms with Crippen molar-refractivity contribution in [3.05, 3.63) is 76.4 Å². The van der Waals surface area contributed by atoms with E-state index in [1.807, 2.05) is 30.3 Å². The van der Waals surface area contributed by atoms with Gasteiger partial charge in [-0.1, -0.05) is 29.8 Å². The number of morpholine rings is 1. The Kier molecular flexibility index (Phi) is 6.58. The van der Waals surface area contributed by atoms with Gasteiger partial charge in [-0.3, -0.25) is 14.2 Å². The fraction of sp³-hybridized carbons (Fsp3) is 0.217. The van der Waals surface area contributed by atoms with Gasteiger partial charge in [0.25, 0.3) is 5.56 Å². The molecule has 1 N–H and O–H groups in total. The Morgan fingerprint density at radius 1 is 1.11 bits per heavy atom. The topological polar surface area (TPSA) is 128 Å². The van der Waals surface area contributed by atoms with Crippen LogP contribution < -0.4 is 10.9 Å². The van der Waals surface area contributed by atoms with E-state index in [2.05, 4.69) is 15.4 Å². The van der Waals surface area contributed by atoms with E-state index >= 15 is 0 Å². The highest BCUT2D eigenvalue weighted by Gasteiger charge is 2.27. The Balaban J connectivity index is 1.36. The van der Waals surface area contributed by atoms with E-state index in [-0.39, 0.29) is 40.6 Å². The van der Waals surface area contributed by atoms with Crippen molar-refractivity contribution in [2.45, 2.75) is 11.4 Å². The second-order valence-electron chi connectivity index (χ2n) is 8.01. The van der Waals surface area contributed by atoms with Crippen molar-refractivity contribution in [2.75, 3.05) is 31.6 Å².